The van der Waals surface area contributed by atoms with Crippen LogP contribution in [0, 0.1) is 0 Å². The highest BCUT2D eigenvalue weighted by molar-refractivity contribution is 7.90. The smallest absolute Gasteiger partial charge is 0.252 e. The SMILES string of the molecule is CS(=O)(=O)CCCOc1c(N)cccc1C(N)=O. The van der Waals surface area contributed by atoms with Gasteiger partial charge in [0.25, 0.3) is 5.91 Å². The predicted octanol–water partition coefficient (Wildman–Crippen LogP) is 0.181. The third kappa shape index (κ3) is 4.25. The van der Waals surface area contributed by atoms with Gasteiger partial charge in [0.2, 0.25) is 0 Å². The molecule has 0 fully saturated rings. The van der Waals surface area contributed by atoms with Gasteiger partial charge in [-0.2, -0.15) is 0 Å². The highest BCUT2D eigenvalue weighted by Gasteiger charge is 2.12. The summed E-state index contributed by atoms with van der Waals surface area (Å²) in [7, 11) is -3.02. The Labute approximate surface area is 106 Å². The number of nitrogens with two attached hydrogens (primary N) is 2. The lowest BCUT2D eigenvalue weighted by Gasteiger charge is -2.11. The zero-order valence-electron chi connectivity index (χ0n) is 10.0. The molecule has 0 aromatic heterocycles. The Kier molecular flexibility index (Phi) is 4.55. The van der Waals surface area contributed by atoms with E-state index in [0.29, 0.717) is 12.1 Å². The average molecular weight is 272 g/mol. The summed E-state index contributed by atoms with van der Waals surface area (Å²) in [5, 5.41) is 0. The van der Waals surface area contributed by atoms with Gasteiger partial charge >= 0.3 is 0 Å². The first kappa shape index (κ1) is 14.3. The van der Waals surface area contributed by atoms with E-state index in [4.69, 9.17) is 16.2 Å². The number of anilines is 1. The topological polar surface area (TPSA) is 112 Å². The first-order chi connectivity index (χ1) is 8.31. The van der Waals surface area contributed by atoms with Gasteiger partial charge in [-0.3, -0.25) is 4.79 Å². The molecule has 0 bridgehead atoms. The van der Waals surface area contributed by atoms with Crippen molar-refractivity contribution in [3.63, 3.8) is 0 Å². The normalized spacial score (nSPS) is 11.2. The molecular weight excluding hydrogens is 256 g/mol. The minimum absolute atomic E-state index is 0.0195. The van der Waals surface area contributed by atoms with Crippen molar-refractivity contribution < 1.29 is 17.9 Å². The van der Waals surface area contributed by atoms with Crippen LogP contribution in [0.15, 0.2) is 18.2 Å². The molecule has 1 aromatic carbocycles. The standard InChI is InChI=1S/C11H16N2O4S/c1-18(15,16)7-3-6-17-10-8(11(13)14)4-2-5-9(10)12/h2,4-5H,3,6-7,12H2,1H3,(H2,13,14). The van der Waals surface area contributed by atoms with Crippen molar-refractivity contribution in [2.75, 3.05) is 24.3 Å². The Balaban J connectivity index is 2.70. The van der Waals surface area contributed by atoms with Gasteiger partial charge in [0.15, 0.2) is 5.75 Å². The van der Waals surface area contributed by atoms with E-state index in [-0.39, 0.29) is 23.7 Å². The van der Waals surface area contributed by atoms with Crippen LogP contribution < -0.4 is 16.2 Å². The van der Waals surface area contributed by atoms with E-state index < -0.39 is 15.7 Å². The van der Waals surface area contributed by atoms with E-state index in [2.05, 4.69) is 0 Å². The van der Waals surface area contributed by atoms with Crippen LogP contribution in [-0.4, -0.2) is 32.9 Å². The van der Waals surface area contributed by atoms with Gasteiger partial charge < -0.3 is 16.2 Å². The number of para-hydroxylation sites is 1. The Morgan fingerprint density at radius 3 is 2.61 bits per heavy atom. The summed E-state index contributed by atoms with van der Waals surface area (Å²) in [5.74, 6) is -0.412. The van der Waals surface area contributed by atoms with Crippen molar-refractivity contribution in [1.82, 2.24) is 0 Å². The third-order valence-corrected chi connectivity index (χ3v) is 3.25. The molecule has 0 radical (unpaired) electrons. The zero-order valence-corrected chi connectivity index (χ0v) is 10.9. The number of ether oxygens (including phenoxy) is 1. The van der Waals surface area contributed by atoms with Crippen LogP contribution in [0.4, 0.5) is 5.69 Å². The van der Waals surface area contributed by atoms with E-state index in [1.165, 1.54) is 6.07 Å². The van der Waals surface area contributed by atoms with E-state index in [1.54, 1.807) is 12.1 Å². The molecule has 6 nitrogen and oxygen atoms in total. The number of primary amides is 1. The maximum atomic E-state index is 11.2. The monoisotopic (exact) mass is 272 g/mol. The molecule has 0 unspecified atom stereocenters. The fourth-order valence-corrected chi connectivity index (χ4v) is 2.05. The summed E-state index contributed by atoms with van der Waals surface area (Å²) < 4.78 is 27.2. The third-order valence-electron chi connectivity index (χ3n) is 2.22. The average Bonchev–Trinajstić information content (AvgIpc) is 2.24. The largest absolute Gasteiger partial charge is 0.491 e. The molecule has 18 heavy (non-hydrogen) atoms. The van der Waals surface area contributed by atoms with E-state index >= 15 is 0 Å². The second-order valence-electron chi connectivity index (χ2n) is 3.92. The lowest BCUT2D eigenvalue weighted by atomic mass is 10.1. The zero-order chi connectivity index (χ0) is 13.8. The molecule has 1 amide bonds. The first-order valence-electron chi connectivity index (χ1n) is 5.30. The summed E-state index contributed by atoms with van der Waals surface area (Å²) in [6, 6.07) is 4.68. The first-order valence-corrected chi connectivity index (χ1v) is 7.36. The molecule has 0 aliphatic rings. The minimum Gasteiger partial charge on any atom is -0.491 e. The molecule has 0 spiro atoms. The summed E-state index contributed by atoms with van der Waals surface area (Å²) >= 11 is 0. The van der Waals surface area contributed by atoms with Gasteiger partial charge in [-0.25, -0.2) is 8.42 Å². The van der Waals surface area contributed by atoms with E-state index in [0.717, 1.165) is 6.26 Å². The van der Waals surface area contributed by atoms with Gasteiger partial charge in [0, 0.05) is 6.26 Å². The highest BCUT2D eigenvalue weighted by Crippen LogP contribution is 2.26. The Hall–Kier alpha value is -1.76. The van der Waals surface area contributed by atoms with Crippen LogP contribution in [0.25, 0.3) is 0 Å². The van der Waals surface area contributed by atoms with Crippen molar-refractivity contribution in [1.29, 1.82) is 0 Å². The van der Waals surface area contributed by atoms with Gasteiger partial charge in [-0.05, 0) is 18.6 Å². The van der Waals surface area contributed by atoms with Crippen molar-refractivity contribution in [2.45, 2.75) is 6.42 Å². The number of amides is 1. The fraction of sp³-hybridized carbons (Fsp3) is 0.364. The van der Waals surface area contributed by atoms with Crippen LogP contribution in [0.2, 0.25) is 0 Å². The molecule has 0 saturated heterocycles. The molecule has 0 atom stereocenters. The van der Waals surface area contributed by atoms with Crippen LogP contribution in [-0.2, 0) is 9.84 Å². The predicted molar refractivity (Wildman–Crippen MR) is 69.2 cm³/mol. The van der Waals surface area contributed by atoms with Crippen LogP contribution in [0.5, 0.6) is 5.75 Å². The number of benzene rings is 1. The lowest BCUT2D eigenvalue weighted by molar-refractivity contribution is 0.0996. The van der Waals surface area contributed by atoms with Gasteiger partial charge in [0.1, 0.15) is 9.84 Å². The van der Waals surface area contributed by atoms with Gasteiger partial charge in [-0.15, -0.1) is 0 Å². The molecule has 1 rings (SSSR count). The maximum Gasteiger partial charge on any atom is 0.252 e. The summed E-state index contributed by atoms with van der Waals surface area (Å²) in [6.07, 6.45) is 1.48. The quantitative estimate of drug-likeness (QED) is 0.566. The van der Waals surface area contributed by atoms with Crippen molar-refractivity contribution in [2.24, 2.45) is 5.73 Å². The van der Waals surface area contributed by atoms with Crippen LogP contribution in [0.1, 0.15) is 16.8 Å². The number of sulfone groups is 1. The number of nitrogen functional groups attached to an aromatic ring is 1. The Bertz CT molecular complexity index is 540. The molecule has 0 aliphatic carbocycles. The molecular formula is C11H16N2O4S. The number of carbonyl (C=O) groups is 1. The minimum atomic E-state index is -3.02. The number of hydrogen-bond acceptors (Lipinski definition) is 5. The van der Waals surface area contributed by atoms with Crippen LogP contribution >= 0.6 is 0 Å². The molecule has 1 aromatic rings. The maximum absolute atomic E-state index is 11.2. The van der Waals surface area contributed by atoms with Crippen molar-refractivity contribution in [3.05, 3.63) is 23.8 Å². The molecule has 0 saturated carbocycles. The van der Waals surface area contributed by atoms with Gasteiger partial charge in [0.05, 0.1) is 23.6 Å². The molecule has 7 heteroatoms. The molecule has 100 valence electrons. The number of hydrogen-bond donors (Lipinski definition) is 2. The van der Waals surface area contributed by atoms with Gasteiger partial charge in [-0.1, -0.05) is 6.07 Å². The highest BCUT2D eigenvalue weighted by atomic mass is 32.2. The Morgan fingerprint density at radius 1 is 1.39 bits per heavy atom. The number of rotatable bonds is 6. The van der Waals surface area contributed by atoms with Crippen LogP contribution in [0.3, 0.4) is 0 Å². The second kappa shape index (κ2) is 5.72. The van der Waals surface area contributed by atoms with E-state index in [9.17, 15) is 13.2 Å². The fourth-order valence-electron chi connectivity index (χ4n) is 1.41. The van der Waals surface area contributed by atoms with Crippen molar-refractivity contribution in [3.8, 4) is 5.75 Å². The molecule has 4 N–H and O–H groups in total. The summed E-state index contributed by atoms with van der Waals surface area (Å²) in [6.45, 7) is 0.154. The molecule has 0 heterocycles. The molecule has 0 aliphatic heterocycles. The van der Waals surface area contributed by atoms with Crippen molar-refractivity contribution >= 4 is 21.4 Å². The van der Waals surface area contributed by atoms with E-state index in [1.807, 2.05) is 0 Å². The number of carbonyl (C=O) groups excluding carboxylic acids is 1. The lowest BCUT2D eigenvalue weighted by Crippen LogP contribution is -2.15. The Morgan fingerprint density at radius 2 is 2.06 bits per heavy atom. The summed E-state index contributed by atoms with van der Waals surface area (Å²) in [5.41, 5.74) is 11.3. The second-order valence-corrected chi connectivity index (χ2v) is 6.18. The summed E-state index contributed by atoms with van der Waals surface area (Å²) in [4.78, 5) is 11.2.